The molecule has 0 aliphatic carbocycles. The number of fused-ring (bicyclic) bond motifs is 6. The fourth-order valence-corrected chi connectivity index (χ4v) is 7.23. The molecule has 50 heavy (non-hydrogen) atoms. The molecule has 0 N–H and O–H groups in total. The van der Waals surface area contributed by atoms with Gasteiger partial charge in [0.2, 0.25) is 0 Å². The van der Waals surface area contributed by atoms with Crippen LogP contribution in [0.5, 0.6) is 0 Å². The number of pyridine rings is 1. The van der Waals surface area contributed by atoms with Crippen molar-refractivity contribution in [3.05, 3.63) is 194 Å². The molecule has 9 rings (SSSR count). The van der Waals surface area contributed by atoms with Crippen molar-refractivity contribution in [3.8, 4) is 55.9 Å². The number of hydrogen-bond donors (Lipinski definition) is 0. The molecule has 1 heterocycles. The Labute approximate surface area is 292 Å². The highest BCUT2D eigenvalue weighted by Crippen LogP contribution is 2.38. The lowest BCUT2D eigenvalue weighted by Crippen LogP contribution is -1.91. The zero-order valence-corrected chi connectivity index (χ0v) is 27.6. The summed E-state index contributed by atoms with van der Waals surface area (Å²) in [5.74, 6) is 0. The van der Waals surface area contributed by atoms with E-state index in [0.717, 1.165) is 39.2 Å². The van der Waals surface area contributed by atoms with Crippen molar-refractivity contribution in [2.24, 2.45) is 0 Å². The van der Waals surface area contributed by atoms with E-state index in [1.807, 2.05) is 18.2 Å². The monoisotopic (exact) mass is 635 g/mol. The smallest absolute Gasteiger partial charge is 0.0715 e. The summed E-state index contributed by atoms with van der Waals surface area (Å²) < 4.78 is 0. The average Bonchev–Trinajstić information content (AvgIpc) is 3.21. The summed E-state index contributed by atoms with van der Waals surface area (Å²) >= 11 is 0. The first kappa shape index (κ1) is 29.6. The zero-order chi connectivity index (χ0) is 33.4. The Bertz CT molecular complexity index is 2610. The molecule has 0 aliphatic heterocycles. The number of benzene rings is 8. The minimum Gasteiger partial charge on any atom is -0.248 e. The van der Waals surface area contributed by atoms with Crippen LogP contribution in [0.3, 0.4) is 0 Å². The molecule has 0 fully saturated rings. The van der Waals surface area contributed by atoms with E-state index < -0.39 is 0 Å². The van der Waals surface area contributed by atoms with Gasteiger partial charge >= 0.3 is 0 Å². The number of aromatic nitrogens is 1. The molecule has 1 heteroatoms. The van der Waals surface area contributed by atoms with Crippen LogP contribution in [0.15, 0.2) is 189 Å². The standard InChI is InChI=1S/C49H33N/c1-2-33-20-26-44-45-27-25-40(30-47(45)43-19-10-9-18-42(43)46(44)28-33)39-17-11-16-38(29-39)34-21-23-35(24-22-34)41-31-48(36-12-5-3-6-13-36)50-49(32-41)37-14-7-4-8-15-37/h2-32H,1H2. The first-order valence-corrected chi connectivity index (χ1v) is 17.1. The third kappa shape index (κ3) is 5.36. The molecule has 0 spiro atoms. The molecule has 9 aromatic rings. The summed E-state index contributed by atoms with van der Waals surface area (Å²) in [5.41, 5.74) is 12.4. The van der Waals surface area contributed by atoms with E-state index in [1.165, 1.54) is 54.6 Å². The highest BCUT2D eigenvalue weighted by Gasteiger charge is 2.12. The van der Waals surface area contributed by atoms with Crippen LogP contribution in [0.25, 0.3) is 94.3 Å². The lowest BCUT2D eigenvalue weighted by atomic mass is 9.90. The molecule has 0 aliphatic rings. The predicted molar refractivity (Wildman–Crippen MR) is 214 cm³/mol. The van der Waals surface area contributed by atoms with Crippen LogP contribution in [0.4, 0.5) is 0 Å². The molecule has 0 amide bonds. The Morgan fingerprint density at radius 3 is 1.34 bits per heavy atom. The Kier molecular flexibility index (Phi) is 7.37. The molecular weight excluding hydrogens is 603 g/mol. The van der Waals surface area contributed by atoms with E-state index in [0.29, 0.717) is 0 Å². The van der Waals surface area contributed by atoms with Crippen LogP contribution >= 0.6 is 0 Å². The van der Waals surface area contributed by atoms with Crippen molar-refractivity contribution in [3.63, 3.8) is 0 Å². The molecule has 0 radical (unpaired) electrons. The maximum Gasteiger partial charge on any atom is 0.0715 e. The molecule has 0 saturated heterocycles. The second-order valence-electron chi connectivity index (χ2n) is 12.8. The van der Waals surface area contributed by atoms with Gasteiger partial charge in [-0.3, -0.25) is 0 Å². The van der Waals surface area contributed by atoms with E-state index >= 15 is 0 Å². The van der Waals surface area contributed by atoms with Crippen LogP contribution < -0.4 is 0 Å². The van der Waals surface area contributed by atoms with E-state index in [-0.39, 0.29) is 0 Å². The Hall–Kier alpha value is -6.57. The van der Waals surface area contributed by atoms with Gasteiger partial charge in [-0.15, -0.1) is 0 Å². The Morgan fingerprint density at radius 1 is 0.300 bits per heavy atom. The lowest BCUT2D eigenvalue weighted by Gasteiger charge is -2.13. The number of rotatable bonds is 6. The van der Waals surface area contributed by atoms with E-state index in [1.54, 1.807) is 0 Å². The topological polar surface area (TPSA) is 12.9 Å². The van der Waals surface area contributed by atoms with Gasteiger partial charge in [-0.1, -0.05) is 164 Å². The lowest BCUT2D eigenvalue weighted by molar-refractivity contribution is 1.32. The molecule has 0 unspecified atom stereocenters. The first-order chi connectivity index (χ1) is 24.7. The summed E-state index contributed by atoms with van der Waals surface area (Å²) in [5, 5.41) is 7.62. The molecule has 0 bridgehead atoms. The second kappa shape index (κ2) is 12.5. The van der Waals surface area contributed by atoms with Gasteiger partial charge in [-0.05, 0) is 102 Å². The van der Waals surface area contributed by atoms with Crippen molar-refractivity contribution in [1.29, 1.82) is 0 Å². The molecule has 1 aromatic heterocycles. The summed E-state index contributed by atoms with van der Waals surface area (Å²) in [6.07, 6.45) is 1.92. The van der Waals surface area contributed by atoms with Gasteiger partial charge in [-0.2, -0.15) is 0 Å². The van der Waals surface area contributed by atoms with Crippen molar-refractivity contribution in [2.75, 3.05) is 0 Å². The summed E-state index contributed by atoms with van der Waals surface area (Å²) in [6.45, 7) is 4.00. The average molecular weight is 636 g/mol. The Morgan fingerprint density at radius 2 is 0.740 bits per heavy atom. The fourth-order valence-electron chi connectivity index (χ4n) is 7.23. The van der Waals surface area contributed by atoms with Gasteiger partial charge in [0.15, 0.2) is 0 Å². The molecule has 0 atom stereocenters. The summed E-state index contributed by atoms with van der Waals surface area (Å²) in [7, 11) is 0. The van der Waals surface area contributed by atoms with Crippen molar-refractivity contribution >= 4 is 38.4 Å². The molecule has 0 saturated carbocycles. The van der Waals surface area contributed by atoms with E-state index in [4.69, 9.17) is 4.98 Å². The van der Waals surface area contributed by atoms with Gasteiger partial charge in [0.05, 0.1) is 11.4 Å². The second-order valence-corrected chi connectivity index (χ2v) is 12.8. The molecule has 8 aromatic carbocycles. The minimum absolute atomic E-state index is 0.969. The zero-order valence-electron chi connectivity index (χ0n) is 27.6. The largest absolute Gasteiger partial charge is 0.248 e. The van der Waals surface area contributed by atoms with Crippen LogP contribution in [0.1, 0.15) is 5.56 Å². The molecule has 1 nitrogen and oxygen atoms in total. The third-order valence-corrected chi connectivity index (χ3v) is 9.81. The fraction of sp³-hybridized carbons (Fsp3) is 0. The Balaban J connectivity index is 1.09. The van der Waals surface area contributed by atoms with Gasteiger partial charge < -0.3 is 0 Å². The van der Waals surface area contributed by atoms with Crippen molar-refractivity contribution in [1.82, 2.24) is 4.98 Å². The maximum atomic E-state index is 5.06. The summed E-state index contributed by atoms with van der Waals surface area (Å²) in [4.78, 5) is 5.06. The van der Waals surface area contributed by atoms with Crippen molar-refractivity contribution < 1.29 is 0 Å². The van der Waals surface area contributed by atoms with Crippen LogP contribution in [0.2, 0.25) is 0 Å². The maximum absolute atomic E-state index is 5.06. The number of hydrogen-bond acceptors (Lipinski definition) is 1. The van der Waals surface area contributed by atoms with Gasteiger partial charge in [0.25, 0.3) is 0 Å². The quantitative estimate of drug-likeness (QED) is 0.166. The van der Waals surface area contributed by atoms with Crippen molar-refractivity contribution in [2.45, 2.75) is 0 Å². The van der Waals surface area contributed by atoms with Crippen LogP contribution in [-0.2, 0) is 0 Å². The summed E-state index contributed by atoms with van der Waals surface area (Å²) in [6, 6.07) is 65.3. The molecular formula is C49H33N. The SMILES string of the molecule is C=Cc1ccc2c3ccc(-c4cccc(-c5ccc(-c6cc(-c7ccccc7)nc(-c7ccccc7)c6)cc5)c4)cc3c3ccccc3c2c1. The van der Waals surface area contributed by atoms with E-state index in [9.17, 15) is 0 Å². The van der Waals surface area contributed by atoms with Crippen LogP contribution in [0, 0.1) is 0 Å². The highest BCUT2D eigenvalue weighted by atomic mass is 14.7. The first-order valence-electron chi connectivity index (χ1n) is 17.1. The van der Waals surface area contributed by atoms with E-state index in [2.05, 4.69) is 176 Å². The van der Waals surface area contributed by atoms with Gasteiger partial charge in [-0.25, -0.2) is 4.98 Å². The van der Waals surface area contributed by atoms with Gasteiger partial charge in [0.1, 0.15) is 0 Å². The van der Waals surface area contributed by atoms with Gasteiger partial charge in [0, 0.05) is 11.1 Å². The van der Waals surface area contributed by atoms with Crippen LogP contribution in [-0.4, -0.2) is 4.98 Å². The third-order valence-electron chi connectivity index (χ3n) is 9.81. The normalized spacial score (nSPS) is 11.3. The minimum atomic E-state index is 0.969. The highest BCUT2D eigenvalue weighted by molar-refractivity contribution is 6.26. The number of nitrogens with zero attached hydrogens (tertiary/aromatic N) is 1. The molecule has 234 valence electrons. The predicted octanol–water partition coefficient (Wildman–Crippen LogP) is 13.5.